The van der Waals surface area contributed by atoms with Gasteiger partial charge in [-0.25, -0.2) is 0 Å². The van der Waals surface area contributed by atoms with Gasteiger partial charge in [0, 0.05) is 30.8 Å². The van der Waals surface area contributed by atoms with Crippen LogP contribution in [0.1, 0.15) is 45.4 Å². The summed E-state index contributed by atoms with van der Waals surface area (Å²) >= 11 is 0. The van der Waals surface area contributed by atoms with Gasteiger partial charge >= 0.3 is 5.97 Å². The van der Waals surface area contributed by atoms with E-state index < -0.39 is 5.97 Å². The zero-order valence-corrected chi connectivity index (χ0v) is 13.3. The summed E-state index contributed by atoms with van der Waals surface area (Å²) in [4.78, 5) is 50.0. The number of Topliss-reactive ketones (excluding diaryl/α,β-unsaturated/α-hetero) is 1. The molecule has 0 aliphatic carbocycles. The van der Waals surface area contributed by atoms with E-state index in [2.05, 4.69) is 4.99 Å². The van der Waals surface area contributed by atoms with Crippen molar-refractivity contribution in [2.45, 2.75) is 45.4 Å². The molecule has 0 saturated carbocycles. The highest BCUT2D eigenvalue weighted by Crippen LogP contribution is 2.08. The predicted octanol–water partition coefficient (Wildman–Crippen LogP) is 1.37. The fourth-order valence-corrected chi connectivity index (χ4v) is 2.09. The quantitative estimate of drug-likeness (QED) is 0.351. The van der Waals surface area contributed by atoms with Crippen LogP contribution in [0.5, 0.6) is 0 Å². The van der Waals surface area contributed by atoms with Gasteiger partial charge in [0.2, 0.25) is 0 Å². The number of amides is 2. The second-order valence-electron chi connectivity index (χ2n) is 5.46. The molecule has 0 aromatic carbocycles. The Kier molecular flexibility index (Phi) is 7.87. The van der Waals surface area contributed by atoms with Crippen LogP contribution in [0, 0.1) is 0 Å². The molecular weight excluding hydrogens is 300 g/mol. The summed E-state index contributed by atoms with van der Waals surface area (Å²) in [5, 5.41) is 8.55. The van der Waals surface area contributed by atoms with Gasteiger partial charge in [0.15, 0.2) is 5.78 Å². The molecule has 0 unspecified atom stereocenters. The van der Waals surface area contributed by atoms with Crippen molar-refractivity contribution in [2.75, 3.05) is 13.1 Å². The van der Waals surface area contributed by atoms with Gasteiger partial charge in [-0.3, -0.25) is 29.1 Å². The van der Waals surface area contributed by atoms with Crippen molar-refractivity contribution < 1.29 is 24.3 Å². The Bertz CT molecular complexity index is 519. The van der Waals surface area contributed by atoms with Crippen LogP contribution in [-0.4, -0.2) is 52.4 Å². The van der Waals surface area contributed by atoms with Crippen molar-refractivity contribution >= 4 is 29.3 Å². The lowest BCUT2D eigenvalue weighted by Crippen LogP contribution is -2.30. The molecule has 0 bridgehead atoms. The second kappa shape index (κ2) is 9.66. The van der Waals surface area contributed by atoms with Gasteiger partial charge in [-0.05, 0) is 26.2 Å². The summed E-state index contributed by atoms with van der Waals surface area (Å²) < 4.78 is 0. The average molecular weight is 322 g/mol. The first kappa shape index (κ1) is 18.7. The molecule has 126 valence electrons. The van der Waals surface area contributed by atoms with Crippen LogP contribution >= 0.6 is 0 Å². The lowest BCUT2D eigenvalue weighted by molar-refractivity contribution is -0.138. The molecule has 7 nitrogen and oxygen atoms in total. The van der Waals surface area contributed by atoms with E-state index in [1.165, 1.54) is 17.1 Å². The molecule has 7 heteroatoms. The number of aliphatic imine (C=N–C) groups is 1. The van der Waals surface area contributed by atoms with Crippen molar-refractivity contribution in [3.63, 3.8) is 0 Å². The monoisotopic (exact) mass is 322 g/mol. The maximum atomic E-state index is 11.7. The van der Waals surface area contributed by atoms with E-state index in [1.54, 1.807) is 6.92 Å². The van der Waals surface area contributed by atoms with E-state index in [0.29, 0.717) is 37.9 Å². The topological polar surface area (TPSA) is 104 Å². The Morgan fingerprint density at radius 3 is 2.30 bits per heavy atom. The fraction of sp³-hybridized carbons (Fsp3) is 0.562. The van der Waals surface area contributed by atoms with E-state index in [-0.39, 0.29) is 30.6 Å². The summed E-state index contributed by atoms with van der Waals surface area (Å²) in [5.41, 5.74) is 0.666. The number of carboxylic acid groups (broad SMARTS) is 1. The first-order valence-corrected chi connectivity index (χ1v) is 7.67. The van der Waals surface area contributed by atoms with Crippen molar-refractivity contribution in [2.24, 2.45) is 4.99 Å². The molecule has 1 aliphatic heterocycles. The smallest absolute Gasteiger partial charge is 0.303 e. The third-order valence-electron chi connectivity index (χ3n) is 3.46. The van der Waals surface area contributed by atoms with E-state index in [0.717, 1.165) is 6.42 Å². The molecule has 0 fully saturated rings. The number of hydrogen-bond donors (Lipinski definition) is 1. The molecule has 0 atom stereocenters. The largest absolute Gasteiger partial charge is 0.481 e. The summed E-state index contributed by atoms with van der Waals surface area (Å²) in [6.07, 6.45) is 5.41. The minimum atomic E-state index is -0.879. The van der Waals surface area contributed by atoms with Crippen LogP contribution in [0.3, 0.4) is 0 Å². The molecule has 2 amide bonds. The number of unbranched alkanes of at least 4 members (excludes halogenated alkanes) is 2. The van der Waals surface area contributed by atoms with Gasteiger partial charge in [-0.2, -0.15) is 0 Å². The Hall–Kier alpha value is -2.31. The van der Waals surface area contributed by atoms with Gasteiger partial charge in [-0.15, -0.1) is 0 Å². The number of aliphatic carboxylic acids is 1. The number of imide groups is 1. The van der Waals surface area contributed by atoms with Crippen molar-refractivity contribution in [3.8, 4) is 0 Å². The first-order chi connectivity index (χ1) is 10.9. The number of carbonyl (C=O) groups excluding carboxylic acids is 3. The predicted molar refractivity (Wildman–Crippen MR) is 84.2 cm³/mol. The zero-order chi connectivity index (χ0) is 17.2. The number of ketones is 1. The highest BCUT2D eigenvalue weighted by molar-refractivity contribution is 6.12. The molecule has 23 heavy (non-hydrogen) atoms. The lowest BCUT2D eigenvalue weighted by atomic mass is 10.1. The molecule has 0 radical (unpaired) electrons. The third-order valence-corrected chi connectivity index (χ3v) is 3.46. The molecule has 1 N–H and O–H groups in total. The minimum absolute atomic E-state index is 0.00895. The van der Waals surface area contributed by atoms with Crippen molar-refractivity contribution in [1.29, 1.82) is 0 Å². The van der Waals surface area contributed by atoms with Crippen molar-refractivity contribution in [1.82, 2.24) is 4.90 Å². The van der Waals surface area contributed by atoms with Gasteiger partial charge < -0.3 is 5.11 Å². The Morgan fingerprint density at radius 1 is 1.04 bits per heavy atom. The SMILES string of the molecule is CC(CCC(=O)O)=NCC(=O)CCCCCN1C(=O)C=CC1=O. The van der Waals surface area contributed by atoms with Crippen LogP contribution in [0.4, 0.5) is 0 Å². The molecule has 0 spiro atoms. The normalized spacial score (nSPS) is 14.7. The second-order valence-corrected chi connectivity index (χ2v) is 5.46. The minimum Gasteiger partial charge on any atom is -0.481 e. The van der Waals surface area contributed by atoms with Crippen LogP contribution in [0.25, 0.3) is 0 Å². The van der Waals surface area contributed by atoms with E-state index >= 15 is 0 Å². The molecule has 1 aliphatic rings. The Morgan fingerprint density at radius 2 is 1.70 bits per heavy atom. The van der Waals surface area contributed by atoms with Gasteiger partial charge in [-0.1, -0.05) is 6.42 Å². The molecule has 1 heterocycles. The molecular formula is C16H22N2O5. The number of nitrogens with zero attached hydrogens (tertiary/aromatic N) is 2. The standard InChI is InChI=1S/C16H22N2O5/c1-12(6-9-16(22)23)17-11-13(19)5-3-2-4-10-18-14(20)7-8-15(18)21/h7-8H,2-6,9-11H2,1H3,(H,22,23). The number of rotatable bonds is 11. The Balaban J connectivity index is 2.10. The highest BCUT2D eigenvalue weighted by atomic mass is 16.4. The molecule has 1 rings (SSSR count). The number of carbonyl (C=O) groups is 4. The van der Waals surface area contributed by atoms with Gasteiger partial charge in [0.1, 0.15) is 0 Å². The number of hydrogen-bond acceptors (Lipinski definition) is 5. The Labute approximate surface area is 135 Å². The number of carboxylic acids is 1. The zero-order valence-electron chi connectivity index (χ0n) is 13.3. The summed E-state index contributed by atoms with van der Waals surface area (Å²) in [5.74, 6) is -1.43. The van der Waals surface area contributed by atoms with Crippen LogP contribution in [0.2, 0.25) is 0 Å². The first-order valence-electron chi connectivity index (χ1n) is 7.67. The van der Waals surface area contributed by atoms with Crippen molar-refractivity contribution in [3.05, 3.63) is 12.2 Å². The summed E-state index contributed by atoms with van der Waals surface area (Å²) in [6.45, 7) is 2.18. The molecule has 0 saturated heterocycles. The van der Waals surface area contributed by atoms with E-state index in [1.807, 2.05) is 0 Å². The van der Waals surface area contributed by atoms with Crippen LogP contribution < -0.4 is 0 Å². The highest BCUT2D eigenvalue weighted by Gasteiger charge is 2.22. The fourth-order valence-electron chi connectivity index (χ4n) is 2.09. The molecule has 0 aromatic rings. The van der Waals surface area contributed by atoms with Gasteiger partial charge in [0.25, 0.3) is 11.8 Å². The lowest BCUT2D eigenvalue weighted by Gasteiger charge is -2.12. The maximum absolute atomic E-state index is 11.7. The van der Waals surface area contributed by atoms with Crippen LogP contribution in [-0.2, 0) is 19.2 Å². The summed E-state index contributed by atoms with van der Waals surface area (Å²) in [7, 11) is 0. The average Bonchev–Trinajstić information content (AvgIpc) is 2.82. The maximum Gasteiger partial charge on any atom is 0.303 e. The van der Waals surface area contributed by atoms with Crippen LogP contribution in [0.15, 0.2) is 17.1 Å². The summed E-state index contributed by atoms with van der Waals surface area (Å²) in [6, 6.07) is 0. The third kappa shape index (κ3) is 7.49. The van der Waals surface area contributed by atoms with Gasteiger partial charge in [0.05, 0.1) is 13.0 Å². The molecule has 0 aromatic heterocycles. The van der Waals surface area contributed by atoms with E-state index in [4.69, 9.17) is 5.11 Å². The van der Waals surface area contributed by atoms with E-state index in [9.17, 15) is 19.2 Å².